The summed E-state index contributed by atoms with van der Waals surface area (Å²) in [5.41, 5.74) is 0.394. The average Bonchev–Trinajstić information content (AvgIpc) is 2.45. The highest BCUT2D eigenvalue weighted by molar-refractivity contribution is 5.92. The van der Waals surface area contributed by atoms with E-state index in [0.29, 0.717) is 12.2 Å². The first-order valence-electron chi connectivity index (χ1n) is 6.35. The van der Waals surface area contributed by atoms with Crippen molar-refractivity contribution in [3.8, 4) is 0 Å². The molecule has 0 aromatic carbocycles. The number of aromatic nitrogens is 2. The van der Waals surface area contributed by atoms with Crippen LogP contribution in [-0.4, -0.2) is 60.5 Å². The van der Waals surface area contributed by atoms with E-state index in [1.165, 1.54) is 6.33 Å². The Labute approximate surface area is 113 Å². The lowest BCUT2D eigenvalue weighted by atomic mass is 10.3. The number of carbonyl (C=O) groups excluding carboxylic acids is 1. The van der Waals surface area contributed by atoms with Crippen LogP contribution in [0.3, 0.4) is 0 Å². The number of carbonyl (C=O) groups is 1. The number of amides is 1. The first kappa shape index (κ1) is 13.5. The summed E-state index contributed by atoms with van der Waals surface area (Å²) in [5.74, 6) is 0.615. The van der Waals surface area contributed by atoms with E-state index in [-0.39, 0.29) is 5.91 Å². The van der Waals surface area contributed by atoms with E-state index in [1.807, 2.05) is 0 Å². The molecular formula is C13H19N5O. The summed E-state index contributed by atoms with van der Waals surface area (Å²) in [7, 11) is 2.10. The highest BCUT2D eigenvalue weighted by atomic mass is 16.1. The lowest BCUT2D eigenvalue weighted by Crippen LogP contribution is -2.45. The van der Waals surface area contributed by atoms with Crippen LogP contribution in [0.15, 0.2) is 25.0 Å². The van der Waals surface area contributed by atoms with Gasteiger partial charge in [-0.2, -0.15) is 0 Å². The minimum Gasteiger partial charge on any atom is -0.354 e. The van der Waals surface area contributed by atoms with Gasteiger partial charge in [0, 0.05) is 38.8 Å². The van der Waals surface area contributed by atoms with Crippen LogP contribution in [-0.2, 0) is 0 Å². The molecule has 0 unspecified atom stereocenters. The van der Waals surface area contributed by atoms with E-state index in [9.17, 15) is 4.79 Å². The maximum absolute atomic E-state index is 11.8. The fourth-order valence-electron chi connectivity index (χ4n) is 1.94. The summed E-state index contributed by atoms with van der Waals surface area (Å²) in [5, 5.41) is 2.71. The van der Waals surface area contributed by atoms with Crippen LogP contribution in [0.5, 0.6) is 0 Å². The molecule has 1 amide bonds. The van der Waals surface area contributed by atoms with Gasteiger partial charge < -0.3 is 15.1 Å². The number of anilines is 1. The average molecular weight is 261 g/mol. The van der Waals surface area contributed by atoms with Gasteiger partial charge in [0.2, 0.25) is 0 Å². The normalized spacial score (nSPS) is 16.2. The Morgan fingerprint density at radius 2 is 2.16 bits per heavy atom. The number of rotatable bonds is 4. The molecule has 0 radical (unpaired) electrons. The minimum atomic E-state index is -0.197. The van der Waals surface area contributed by atoms with Gasteiger partial charge in [-0.1, -0.05) is 6.08 Å². The summed E-state index contributed by atoms with van der Waals surface area (Å²) < 4.78 is 0. The zero-order valence-corrected chi connectivity index (χ0v) is 11.2. The molecule has 1 aliphatic rings. The number of nitrogens with zero attached hydrogens (tertiary/aromatic N) is 4. The molecule has 1 saturated heterocycles. The van der Waals surface area contributed by atoms with Crippen molar-refractivity contribution in [3.05, 3.63) is 30.7 Å². The highest BCUT2D eigenvalue weighted by Gasteiger charge is 2.17. The Morgan fingerprint density at radius 3 is 2.84 bits per heavy atom. The van der Waals surface area contributed by atoms with E-state index >= 15 is 0 Å². The Morgan fingerprint density at radius 1 is 1.42 bits per heavy atom. The van der Waals surface area contributed by atoms with Crippen molar-refractivity contribution < 1.29 is 4.79 Å². The van der Waals surface area contributed by atoms with Crippen LogP contribution in [0, 0.1) is 0 Å². The van der Waals surface area contributed by atoms with Crippen molar-refractivity contribution in [2.24, 2.45) is 0 Å². The third-order valence-electron chi connectivity index (χ3n) is 3.12. The molecule has 0 saturated carbocycles. The van der Waals surface area contributed by atoms with Gasteiger partial charge in [0.25, 0.3) is 5.91 Å². The molecule has 102 valence electrons. The summed E-state index contributed by atoms with van der Waals surface area (Å²) in [4.78, 5) is 24.5. The SMILES string of the molecule is C=CCNC(=O)c1cc(N2CCN(C)CC2)ncn1. The standard InChI is InChI=1S/C13H19N5O/c1-3-4-14-13(19)11-9-12(16-10-15-11)18-7-5-17(2)6-8-18/h3,9-10H,1,4-8H2,2H3,(H,14,19). The minimum absolute atomic E-state index is 0.197. The Balaban J connectivity index is 2.06. The van der Waals surface area contributed by atoms with Crippen molar-refractivity contribution >= 4 is 11.7 Å². The Kier molecular flexibility index (Phi) is 4.46. The van der Waals surface area contributed by atoms with Gasteiger partial charge in [-0.3, -0.25) is 4.79 Å². The first-order valence-corrected chi connectivity index (χ1v) is 6.35. The zero-order chi connectivity index (χ0) is 13.7. The van der Waals surface area contributed by atoms with Crippen LogP contribution < -0.4 is 10.2 Å². The van der Waals surface area contributed by atoms with Crippen molar-refractivity contribution in [3.63, 3.8) is 0 Å². The predicted molar refractivity (Wildman–Crippen MR) is 74.3 cm³/mol. The van der Waals surface area contributed by atoms with Gasteiger partial charge in [0.05, 0.1) is 0 Å². The molecule has 6 heteroatoms. The maximum Gasteiger partial charge on any atom is 0.270 e. The van der Waals surface area contributed by atoms with Crippen LogP contribution in [0.1, 0.15) is 10.5 Å². The largest absolute Gasteiger partial charge is 0.354 e. The smallest absolute Gasteiger partial charge is 0.270 e. The number of likely N-dealkylation sites (N-methyl/N-ethyl adjacent to an activating group) is 1. The van der Waals surface area contributed by atoms with Crippen LogP contribution in [0.2, 0.25) is 0 Å². The predicted octanol–water partition coefficient (Wildman–Crippen LogP) is 0.144. The van der Waals surface area contributed by atoms with Crippen molar-refractivity contribution in [2.45, 2.75) is 0 Å². The molecular weight excluding hydrogens is 242 g/mol. The summed E-state index contributed by atoms with van der Waals surface area (Å²) in [6, 6.07) is 1.74. The molecule has 2 heterocycles. The van der Waals surface area contributed by atoms with Crippen molar-refractivity contribution in [1.82, 2.24) is 20.2 Å². The van der Waals surface area contributed by atoms with Crippen molar-refractivity contribution in [2.75, 3.05) is 44.7 Å². The van der Waals surface area contributed by atoms with E-state index in [4.69, 9.17) is 0 Å². The molecule has 1 fully saturated rings. The van der Waals surface area contributed by atoms with Gasteiger partial charge >= 0.3 is 0 Å². The molecule has 1 aromatic heterocycles. The van der Waals surface area contributed by atoms with Crippen LogP contribution in [0.25, 0.3) is 0 Å². The van der Waals surface area contributed by atoms with Gasteiger partial charge in [0.15, 0.2) is 0 Å². The molecule has 6 nitrogen and oxygen atoms in total. The molecule has 0 bridgehead atoms. The lowest BCUT2D eigenvalue weighted by molar-refractivity contribution is 0.0953. The molecule has 1 N–H and O–H groups in total. The Hall–Kier alpha value is -1.95. The number of piperazine rings is 1. The number of hydrogen-bond acceptors (Lipinski definition) is 5. The fraction of sp³-hybridized carbons (Fsp3) is 0.462. The topological polar surface area (TPSA) is 61.4 Å². The monoisotopic (exact) mass is 261 g/mol. The van der Waals surface area contributed by atoms with E-state index in [2.05, 4.69) is 38.7 Å². The van der Waals surface area contributed by atoms with E-state index in [0.717, 1.165) is 32.0 Å². The third kappa shape index (κ3) is 3.51. The number of nitrogens with one attached hydrogen (secondary N) is 1. The maximum atomic E-state index is 11.8. The summed E-state index contributed by atoms with van der Waals surface area (Å²) in [6.07, 6.45) is 3.08. The van der Waals surface area contributed by atoms with E-state index < -0.39 is 0 Å². The van der Waals surface area contributed by atoms with E-state index in [1.54, 1.807) is 12.1 Å². The molecule has 0 spiro atoms. The molecule has 2 rings (SSSR count). The molecule has 1 aromatic rings. The van der Waals surface area contributed by atoms with Crippen molar-refractivity contribution in [1.29, 1.82) is 0 Å². The quantitative estimate of drug-likeness (QED) is 0.781. The van der Waals surface area contributed by atoms with Gasteiger partial charge in [-0.15, -0.1) is 6.58 Å². The lowest BCUT2D eigenvalue weighted by Gasteiger charge is -2.33. The molecule has 0 atom stereocenters. The second kappa shape index (κ2) is 6.29. The third-order valence-corrected chi connectivity index (χ3v) is 3.12. The Bertz CT molecular complexity index is 454. The first-order chi connectivity index (χ1) is 9.20. The molecule has 1 aliphatic heterocycles. The van der Waals surface area contributed by atoms with Gasteiger partial charge in [0.1, 0.15) is 17.8 Å². The summed E-state index contributed by atoms with van der Waals surface area (Å²) >= 11 is 0. The van der Waals surface area contributed by atoms with Gasteiger partial charge in [-0.05, 0) is 7.05 Å². The second-order valence-electron chi connectivity index (χ2n) is 4.55. The highest BCUT2D eigenvalue weighted by Crippen LogP contribution is 2.13. The summed E-state index contributed by atoms with van der Waals surface area (Å²) in [6.45, 7) is 7.84. The number of hydrogen-bond donors (Lipinski definition) is 1. The van der Waals surface area contributed by atoms with Gasteiger partial charge in [-0.25, -0.2) is 9.97 Å². The molecule has 0 aliphatic carbocycles. The zero-order valence-electron chi connectivity index (χ0n) is 11.2. The fourth-order valence-corrected chi connectivity index (χ4v) is 1.94. The van der Waals surface area contributed by atoms with Crippen LogP contribution in [0.4, 0.5) is 5.82 Å². The second-order valence-corrected chi connectivity index (χ2v) is 4.55. The van der Waals surface area contributed by atoms with Crippen LogP contribution >= 0.6 is 0 Å². The molecule has 19 heavy (non-hydrogen) atoms.